The largest absolute Gasteiger partial charge is 0.352 e. The second-order valence-electron chi connectivity index (χ2n) is 3.96. The van der Waals surface area contributed by atoms with Crippen LogP contribution in [0.1, 0.15) is 12.5 Å². The second-order valence-corrected chi connectivity index (χ2v) is 3.96. The van der Waals surface area contributed by atoms with Gasteiger partial charge in [0.2, 0.25) is 0 Å². The van der Waals surface area contributed by atoms with E-state index < -0.39 is 0 Å². The summed E-state index contributed by atoms with van der Waals surface area (Å²) in [6.07, 6.45) is 0. The summed E-state index contributed by atoms with van der Waals surface area (Å²) in [6.45, 7) is 3.92. The van der Waals surface area contributed by atoms with Crippen LogP contribution in [-0.4, -0.2) is 30.5 Å². The third kappa shape index (κ3) is 3.10. The van der Waals surface area contributed by atoms with E-state index in [4.69, 9.17) is 0 Å². The molecule has 0 amide bonds. The second kappa shape index (κ2) is 6.08. The Balaban J connectivity index is 0.00000128. The lowest BCUT2D eigenvalue weighted by molar-refractivity contribution is 0.420. The molecule has 0 aliphatic carbocycles. The van der Waals surface area contributed by atoms with Crippen LogP contribution in [0.3, 0.4) is 0 Å². The van der Waals surface area contributed by atoms with Crippen LogP contribution in [-0.2, 0) is 6.54 Å². The van der Waals surface area contributed by atoms with E-state index in [9.17, 15) is 0 Å². The van der Waals surface area contributed by atoms with E-state index in [1.807, 2.05) is 6.07 Å². The molecule has 4 heteroatoms. The van der Waals surface area contributed by atoms with Gasteiger partial charge in [0.1, 0.15) is 0 Å². The van der Waals surface area contributed by atoms with Gasteiger partial charge in [-0.05, 0) is 12.5 Å². The molecule has 1 aliphatic rings. The van der Waals surface area contributed by atoms with E-state index in [-0.39, 0.29) is 24.0 Å². The van der Waals surface area contributed by atoms with Crippen LogP contribution in [0.25, 0.3) is 0 Å². The van der Waals surface area contributed by atoms with E-state index in [1.165, 1.54) is 5.56 Å². The summed E-state index contributed by atoms with van der Waals surface area (Å²) >= 11 is 0. The van der Waals surface area contributed by atoms with E-state index in [1.54, 1.807) is 0 Å². The summed E-state index contributed by atoms with van der Waals surface area (Å²) in [6, 6.07) is 10.9. The molecule has 2 rings (SSSR count). The number of guanidine groups is 1. The number of halogens is 1. The maximum atomic E-state index is 4.44. The number of hydrogen-bond acceptors (Lipinski definition) is 3. The fourth-order valence-electron chi connectivity index (χ4n) is 1.62. The summed E-state index contributed by atoms with van der Waals surface area (Å²) < 4.78 is 0. The maximum Gasteiger partial charge on any atom is 0.194 e. The molecule has 88 valence electrons. The Morgan fingerprint density at radius 3 is 2.62 bits per heavy atom. The lowest BCUT2D eigenvalue weighted by Gasteiger charge is -2.20. The Morgan fingerprint density at radius 1 is 1.38 bits per heavy atom. The zero-order chi connectivity index (χ0) is 10.7. The van der Waals surface area contributed by atoms with E-state index >= 15 is 0 Å². The molecule has 0 saturated carbocycles. The molecule has 0 saturated heterocycles. The molecule has 1 atom stereocenters. The van der Waals surface area contributed by atoms with Crippen molar-refractivity contribution in [1.82, 2.24) is 10.2 Å². The molecule has 1 aromatic rings. The fourth-order valence-corrected chi connectivity index (χ4v) is 1.62. The summed E-state index contributed by atoms with van der Waals surface area (Å²) in [5.41, 5.74) is 1.29. The van der Waals surface area contributed by atoms with Crippen LogP contribution in [0.15, 0.2) is 35.3 Å². The van der Waals surface area contributed by atoms with Gasteiger partial charge in [-0.15, -0.1) is 24.0 Å². The van der Waals surface area contributed by atoms with Crippen LogP contribution >= 0.6 is 24.0 Å². The van der Waals surface area contributed by atoms with Gasteiger partial charge in [-0.2, -0.15) is 0 Å². The highest BCUT2D eigenvalue weighted by molar-refractivity contribution is 14.0. The number of nitrogens with zero attached hydrogens (tertiary/aromatic N) is 2. The van der Waals surface area contributed by atoms with Gasteiger partial charge in [0.25, 0.3) is 0 Å². The highest BCUT2D eigenvalue weighted by Gasteiger charge is 2.19. The molecule has 1 heterocycles. The van der Waals surface area contributed by atoms with Gasteiger partial charge in [-0.3, -0.25) is 4.99 Å². The van der Waals surface area contributed by atoms with Crippen LogP contribution in [0.4, 0.5) is 0 Å². The Kier molecular flexibility index (Phi) is 5.05. The first-order chi connectivity index (χ1) is 7.27. The van der Waals surface area contributed by atoms with E-state index in [0.717, 1.165) is 19.0 Å². The molecule has 0 bridgehead atoms. The Labute approximate surface area is 114 Å². The molecular formula is C12H18IN3. The summed E-state index contributed by atoms with van der Waals surface area (Å²) in [5.74, 6) is 1.01. The van der Waals surface area contributed by atoms with Gasteiger partial charge in [-0.25, -0.2) is 0 Å². The van der Waals surface area contributed by atoms with Gasteiger partial charge in [0, 0.05) is 19.6 Å². The predicted molar refractivity (Wildman–Crippen MR) is 78.2 cm³/mol. The summed E-state index contributed by atoms with van der Waals surface area (Å²) in [4.78, 5) is 6.63. The Hall–Kier alpha value is -0.780. The SMILES string of the molecule is CC1CN=C(NCc2ccccc2)N1C.I. The van der Waals surface area contributed by atoms with Crippen molar-refractivity contribution in [3.63, 3.8) is 0 Å². The number of likely N-dealkylation sites (N-methyl/N-ethyl adjacent to an activating group) is 1. The average molecular weight is 331 g/mol. The standard InChI is InChI=1S/C12H17N3.HI/c1-10-8-13-12(15(10)2)14-9-11-6-4-3-5-7-11;/h3-7,10H,8-9H2,1-2H3,(H,13,14);1H. The van der Waals surface area contributed by atoms with E-state index in [2.05, 4.69) is 53.4 Å². The fraction of sp³-hybridized carbons (Fsp3) is 0.417. The number of benzene rings is 1. The van der Waals surface area contributed by atoms with Crippen molar-refractivity contribution in [2.45, 2.75) is 19.5 Å². The van der Waals surface area contributed by atoms with Crippen molar-refractivity contribution in [3.05, 3.63) is 35.9 Å². The number of nitrogens with one attached hydrogen (secondary N) is 1. The Morgan fingerprint density at radius 2 is 2.06 bits per heavy atom. The minimum atomic E-state index is 0. The molecule has 0 aromatic heterocycles. The quantitative estimate of drug-likeness (QED) is 0.841. The minimum Gasteiger partial charge on any atom is -0.352 e. The Bertz CT molecular complexity index is 351. The molecule has 3 nitrogen and oxygen atoms in total. The monoisotopic (exact) mass is 331 g/mol. The number of hydrogen-bond donors (Lipinski definition) is 1. The number of rotatable bonds is 2. The van der Waals surface area contributed by atoms with Crippen molar-refractivity contribution in [3.8, 4) is 0 Å². The van der Waals surface area contributed by atoms with Crippen molar-refractivity contribution < 1.29 is 0 Å². The number of aliphatic imine (C=N–C) groups is 1. The van der Waals surface area contributed by atoms with Crippen molar-refractivity contribution in [1.29, 1.82) is 0 Å². The molecule has 0 radical (unpaired) electrons. The molecule has 0 fully saturated rings. The summed E-state index contributed by atoms with van der Waals surface area (Å²) in [7, 11) is 2.08. The normalized spacial score (nSPS) is 19.0. The smallest absolute Gasteiger partial charge is 0.194 e. The lowest BCUT2D eigenvalue weighted by atomic mass is 10.2. The van der Waals surface area contributed by atoms with Crippen molar-refractivity contribution >= 4 is 29.9 Å². The first-order valence-corrected chi connectivity index (χ1v) is 5.32. The summed E-state index contributed by atoms with van der Waals surface area (Å²) in [5, 5.41) is 3.35. The van der Waals surface area contributed by atoms with Crippen molar-refractivity contribution in [2.75, 3.05) is 13.6 Å². The molecular weight excluding hydrogens is 313 g/mol. The van der Waals surface area contributed by atoms with Crippen LogP contribution < -0.4 is 5.32 Å². The molecule has 16 heavy (non-hydrogen) atoms. The highest BCUT2D eigenvalue weighted by atomic mass is 127. The van der Waals surface area contributed by atoms with Crippen LogP contribution in [0.5, 0.6) is 0 Å². The van der Waals surface area contributed by atoms with Gasteiger partial charge < -0.3 is 10.2 Å². The third-order valence-electron chi connectivity index (χ3n) is 2.79. The zero-order valence-electron chi connectivity index (χ0n) is 9.68. The zero-order valence-corrected chi connectivity index (χ0v) is 12.0. The van der Waals surface area contributed by atoms with E-state index in [0.29, 0.717) is 6.04 Å². The third-order valence-corrected chi connectivity index (χ3v) is 2.79. The molecule has 0 spiro atoms. The first kappa shape index (κ1) is 13.3. The average Bonchev–Trinajstić information content (AvgIpc) is 2.59. The molecule has 1 aromatic carbocycles. The lowest BCUT2D eigenvalue weighted by Crippen LogP contribution is -2.39. The molecule has 1 aliphatic heterocycles. The minimum absolute atomic E-state index is 0. The molecule has 1 unspecified atom stereocenters. The molecule has 1 N–H and O–H groups in total. The van der Waals surface area contributed by atoms with Crippen molar-refractivity contribution in [2.24, 2.45) is 4.99 Å². The predicted octanol–water partition coefficient (Wildman–Crippen LogP) is 2.08. The maximum absolute atomic E-state index is 4.44. The van der Waals surface area contributed by atoms with Gasteiger partial charge >= 0.3 is 0 Å². The van der Waals surface area contributed by atoms with Gasteiger partial charge in [0.15, 0.2) is 5.96 Å². The van der Waals surface area contributed by atoms with Crippen LogP contribution in [0, 0.1) is 0 Å². The van der Waals surface area contributed by atoms with Gasteiger partial charge in [-0.1, -0.05) is 30.3 Å². The first-order valence-electron chi connectivity index (χ1n) is 5.32. The topological polar surface area (TPSA) is 27.6 Å². The van der Waals surface area contributed by atoms with Crippen LogP contribution in [0.2, 0.25) is 0 Å². The van der Waals surface area contributed by atoms with Gasteiger partial charge in [0.05, 0.1) is 6.54 Å². The highest BCUT2D eigenvalue weighted by Crippen LogP contribution is 2.06.